The highest BCUT2D eigenvalue weighted by atomic mass is 32.1. The first-order valence-corrected chi connectivity index (χ1v) is 16.9. The molecule has 4 heteroatoms. The maximum atomic E-state index is 2.56. The summed E-state index contributed by atoms with van der Waals surface area (Å²) in [6.07, 6.45) is 10.9. The van der Waals surface area contributed by atoms with Crippen LogP contribution in [-0.4, -0.2) is 0 Å². The van der Waals surface area contributed by atoms with E-state index in [9.17, 15) is 0 Å². The molecule has 0 N–H and O–H groups in total. The van der Waals surface area contributed by atoms with Gasteiger partial charge in [0.1, 0.15) is 0 Å². The van der Waals surface area contributed by atoms with Crippen molar-refractivity contribution in [1.29, 1.82) is 0 Å². The van der Waals surface area contributed by atoms with E-state index in [2.05, 4.69) is 70.2 Å². The first-order chi connectivity index (χ1) is 17.4. The fourth-order valence-corrected chi connectivity index (χ4v) is 10.7. The van der Waals surface area contributed by atoms with Crippen molar-refractivity contribution in [1.82, 2.24) is 0 Å². The molecule has 0 saturated carbocycles. The van der Waals surface area contributed by atoms with Crippen LogP contribution in [0.1, 0.15) is 78.3 Å². The molecule has 1 atom stereocenters. The zero-order valence-corrected chi connectivity index (χ0v) is 25.4. The van der Waals surface area contributed by atoms with Crippen molar-refractivity contribution in [2.45, 2.75) is 86.0 Å². The Morgan fingerprint density at radius 2 is 1.08 bits per heavy atom. The molecule has 4 aromatic heterocycles. The zero-order chi connectivity index (χ0) is 25.0. The van der Waals surface area contributed by atoms with Crippen LogP contribution in [0.25, 0.3) is 51.1 Å². The summed E-state index contributed by atoms with van der Waals surface area (Å²) in [6.45, 7) is 11.6. The molecule has 0 bridgehead atoms. The Labute approximate surface area is 231 Å². The van der Waals surface area contributed by atoms with Gasteiger partial charge in [0.25, 0.3) is 0 Å². The van der Waals surface area contributed by atoms with E-state index in [-0.39, 0.29) is 0 Å². The largest absolute Gasteiger partial charge is 0.140 e. The number of thiophene rings is 4. The molecular formula is C32H36S4. The van der Waals surface area contributed by atoms with Gasteiger partial charge in [-0.25, -0.2) is 0 Å². The van der Waals surface area contributed by atoms with Crippen LogP contribution in [-0.2, 0) is 6.42 Å². The molecule has 2 aromatic carbocycles. The number of hydrogen-bond donors (Lipinski definition) is 0. The van der Waals surface area contributed by atoms with Gasteiger partial charge >= 0.3 is 0 Å². The van der Waals surface area contributed by atoms with Crippen LogP contribution in [0.3, 0.4) is 0 Å². The summed E-state index contributed by atoms with van der Waals surface area (Å²) in [7, 11) is 0. The fraction of sp³-hybridized carbons (Fsp3) is 0.438. The average molecular weight is 549 g/mol. The molecule has 0 aliphatic carbocycles. The van der Waals surface area contributed by atoms with Gasteiger partial charge in [-0.05, 0) is 57.4 Å². The minimum atomic E-state index is 0.754. The third-order valence-electron chi connectivity index (χ3n) is 7.69. The number of fused-ring (bicyclic) bond motifs is 11. The molecule has 188 valence electrons. The number of aryl methyl sites for hydroxylation is 3. The molecule has 0 nitrogen and oxygen atoms in total. The Balaban J connectivity index is 1.48. The topological polar surface area (TPSA) is 0 Å². The molecule has 4 heterocycles. The van der Waals surface area contributed by atoms with E-state index >= 15 is 0 Å². The summed E-state index contributed by atoms with van der Waals surface area (Å²) >= 11 is 8.03. The lowest BCUT2D eigenvalue weighted by atomic mass is 9.97. The predicted molar refractivity (Wildman–Crippen MR) is 171 cm³/mol. The Kier molecular flexibility index (Phi) is 6.92. The zero-order valence-electron chi connectivity index (χ0n) is 22.2. The Bertz CT molecular complexity index is 1700. The maximum Gasteiger partial charge on any atom is 0.0530 e. The lowest BCUT2D eigenvalue weighted by Gasteiger charge is -2.09. The number of rotatable bonds is 9. The second-order valence-corrected chi connectivity index (χ2v) is 15.8. The Hall–Kier alpha value is -1.46. The predicted octanol–water partition coefficient (Wildman–Crippen LogP) is 12.6. The molecule has 0 amide bonds. The third-order valence-corrected chi connectivity index (χ3v) is 12.2. The molecule has 0 saturated heterocycles. The summed E-state index contributed by atoms with van der Waals surface area (Å²) in [5, 5.41) is 8.94. The highest BCUT2D eigenvalue weighted by molar-refractivity contribution is 7.28. The van der Waals surface area contributed by atoms with Crippen LogP contribution in [0.5, 0.6) is 0 Å². The Morgan fingerprint density at radius 3 is 1.72 bits per heavy atom. The minimum absolute atomic E-state index is 0.754. The van der Waals surface area contributed by atoms with E-state index in [0.29, 0.717) is 0 Å². The van der Waals surface area contributed by atoms with Gasteiger partial charge in [0.2, 0.25) is 0 Å². The highest BCUT2D eigenvalue weighted by Gasteiger charge is 2.22. The van der Waals surface area contributed by atoms with Gasteiger partial charge in [-0.2, -0.15) is 0 Å². The van der Waals surface area contributed by atoms with Gasteiger partial charge in [0.05, 0.1) is 9.40 Å². The monoisotopic (exact) mass is 548 g/mol. The molecule has 0 spiro atoms. The van der Waals surface area contributed by atoms with Crippen LogP contribution < -0.4 is 0 Å². The van der Waals surface area contributed by atoms with E-state index in [1.165, 1.54) is 117 Å². The van der Waals surface area contributed by atoms with Gasteiger partial charge < -0.3 is 0 Å². The van der Waals surface area contributed by atoms with Gasteiger partial charge in [0.15, 0.2) is 0 Å². The summed E-state index contributed by atoms with van der Waals surface area (Å²) in [5.41, 5.74) is 0. The maximum absolute atomic E-state index is 2.56. The van der Waals surface area contributed by atoms with E-state index in [1.54, 1.807) is 4.88 Å². The van der Waals surface area contributed by atoms with Crippen LogP contribution in [0, 0.1) is 26.7 Å². The third kappa shape index (κ3) is 4.32. The van der Waals surface area contributed by atoms with E-state index in [1.807, 2.05) is 34.0 Å². The molecule has 1 unspecified atom stereocenters. The lowest BCUT2D eigenvalue weighted by Crippen LogP contribution is -1.98. The van der Waals surface area contributed by atoms with Crippen molar-refractivity contribution >= 4 is 96.5 Å². The number of hydrogen-bond acceptors (Lipinski definition) is 4. The lowest BCUT2D eigenvalue weighted by molar-refractivity contribution is 0.483. The van der Waals surface area contributed by atoms with E-state index < -0.39 is 0 Å². The van der Waals surface area contributed by atoms with Crippen molar-refractivity contribution in [2.24, 2.45) is 5.92 Å². The second kappa shape index (κ2) is 10.0. The summed E-state index contributed by atoms with van der Waals surface area (Å²) in [4.78, 5) is 5.83. The van der Waals surface area contributed by atoms with Gasteiger partial charge in [-0.1, -0.05) is 58.8 Å². The van der Waals surface area contributed by atoms with Crippen LogP contribution in [0.2, 0.25) is 0 Å². The SMILES string of the molecule is CCCCCCCCC(C)Cc1cc2c3cc(C)sc3c3c4cc(C)sc4c4sc(C)cc4c3c2s1. The van der Waals surface area contributed by atoms with Crippen LogP contribution in [0.15, 0.2) is 24.3 Å². The van der Waals surface area contributed by atoms with Crippen molar-refractivity contribution < 1.29 is 0 Å². The molecule has 0 radical (unpaired) electrons. The molecule has 36 heavy (non-hydrogen) atoms. The standard InChI is InChI=1S/C32H36S4/c1-6-7-8-9-10-11-12-18(2)13-22-17-24-23-14-19(3)33-29(23)27-25-15-20(4)34-31(25)32-26(16-21(5)35-32)28(27)30(24)36-22/h14-18H,6-13H2,1-5H3. The van der Waals surface area contributed by atoms with E-state index in [0.717, 1.165) is 5.92 Å². The molecular weight excluding hydrogens is 513 g/mol. The van der Waals surface area contributed by atoms with Crippen molar-refractivity contribution in [2.75, 3.05) is 0 Å². The number of benzene rings is 2. The Morgan fingerprint density at radius 1 is 0.583 bits per heavy atom. The first-order valence-electron chi connectivity index (χ1n) is 13.6. The molecule has 0 aliphatic rings. The molecule has 0 aliphatic heterocycles. The van der Waals surface area contributed by atoms with Crippen molar-refractivity contribution in [3.8, 4) is 0 Å². The van der Waals surface area contributed by atoms with Crippen LogP contribution >= 0.6 is 45.3 Å². The molecule has 0 fully saturated rings. The van der Waals surface area contributed by atoms with Crippen molar-refractivity contribution in [3.63, 3.8) is 0 Å². The smallest absolute Gasteiger partial charge is 0.0530 e. The average Bonchev–Trinajstić information content (AvgIpc) is 3.59. The quantitative estimate of drug-likeness (QED) is 0.158. The van der Waals surface area contributed by atoms with Gasteiger partial charge in [-0.15, -0.1) is 45.3 Å². The van der Waals surface area contributed by atoms with Crippen LogP contribution in [0.4, 0.5) is 0 Å². The van der Waals surface area contributed by atoms with Gasteiger partial charge in [-0.3, -0.25) is 0 Å². The summed E-state index contributed by atoms with van der Waals surface area (Å²) in [5.74, 6) is 0.754. The molecule has 6 rings (SSSR count). The first kappa shape index (κ1) is 24.9. The van der Waals surface area contributed by atoms with Gasteiger partial charge in [0, 0.05) is 61.2 Å². The molecule has 6 aromatic rings. The van der Waals surface area contributed by atoms with Crippen molar-refractivity contribution in [3.05, 3.63) is 43.8 Å². The second-order valence-electron chi connectivity index (χ2n) is 10.9. The number of unbranched alkanes of at least 4 members (excludes halogenated alkanes) is 5. The van der Waals surface area contributed by atoms with E-state index in [4.69, 9.17) is 0 Å². The normalized spacial score (nSPS) is 13.4. The minimum Gasteiger partial charge on any atom is -0.140 e. The fourth-order valence-electron chi connectivity index (χ4n) is 6.03. The highest BCUT2D eigenvalue weighted by Crippen LogP contribution is 2.51. The summed E-state index contributed by atoms with van der Waals surface area (Å²) < 4.78 is 6.00. The summed E-state index contributed by atoms with van der Waals surface area (Å²) in [6, 6.07) is 9.92.